The van der Waals surface area contributed by atoms with E-state index >= 15 is 0 Å². The van der Waals surface area contributed by atoms with Crippen molar-refractivity contribution in [1.82, 2.24) is 0 Å². The Morgan fingerprint density at radius 2 is 1.87 bits per heavy atom. The van der Waals surface area contributed by atoms with Crippen molar-refractivity contribution < 1.29 is 9.53 Å². The fourth-order valence-electron chi connectivity index (χ4n) is 2.70. The van der Waals surface area contributed by atoms with E-state index in [0.717, 1.165) is 25.7 Å². The molecule has 0 bridgehead atoms. The van der Waals surface area contributed by atoms with Crippen LogP contribution in [0.15, 0.2) is 0 Å². The summed E-state index contributed by atoms with van der Waals surface area (Å²) >= 11 is 0. The molecule has 0 aromatic heterocycles. The number of carbonyl (C=O) groups excluding carboxylic acids is 1. The Labute approximate surface area is 93.4 Å². The van der Waals surface area contributed by atoms with Crippen LogP contribution >= 0.6 is 0 Å². The largest absolute Gasteiger partial charge is 0.462 e. The first-order chi connectivity index (χ1) is 7.27. The molecule has 1 atom stereocenters. The predicted octanol–water partition coefficient (Wildman–Crippen LogP) is 3.69. The molecule has 2 aliphatic rings. The van der Waals surface area contributed by atoms with Gasteiger partial charge in [-0.15, -0.1) is 0 Å². The Bertz CT molecular complexity index is 205. The molecule has 1 unspecified atom stereocenters. The van der Waals surface area contributed by atoms with E-state index in [-0.39, 0.29) is 17.5 Å². The van der Waals surface area contributed by atoms with Crippen LogP contribution in [0, 0.1) is 5.41 Å². The van der Waals surface area contributed by atoms with Crippen molar-refractivity contribution >= 4 is 5.97 Å². The van der Waals surface area contributed by atoms with E-state index in [0.29, 0.717) is 0 Å². The van der Waals surface area contributed by atoms with Crippen LogP contribution in [0.4, 0.5) is 0 Å². The van der Waals surface area contributed by atoms with Gasteiger partial charge in [0.15, 0.2) is 0 Å². The Balaban J connectivity index is 0.000000531. The van der Waals surface area contributed by atoms with Gasteiger partial charge in [0.25, 0.3) is 0 Å². The molecule has 2 nitrogen and oxygen atoms in total. The topological polar surface area (TPSA) is 26.3 Å². The SMILES string of the molecule is CC.CCC1CC2(CCCCC2)C(=O)O1. The lowest BCUT2D eigenvalue weighted by Gasteiger charge is -2.28. The van der Waals surface area contributed by atoms with Crippen LogP contribution < -0.4 is 0 Å². The van der Waals surface area contributed by atoms with Crippen molar-refractivity contribution in [2.75, 3.05) is 0 Å². The average molecular weight is 212 g/mol. The van der Waals surface area contributed by atoms with Gasteiger partial charge in [-0.25, -0.2) is 0 Å². The molecule has 2 fully saturated rings. The van der Waals surface area contributed by atoms with Crippen LogP contribution in [0.5, 0.6) is 0 Å². The van der Waals surface area contributed by atoms with Crippen LogP contribution in [-0.2, 0) is 9.53 Å². The fourth-order valence-corrected chi connectivity index (χ4v) is 2.70. The number of ether oxygens (including phenoxy) is 1. The summed E-state index contributed by atoms with van der Waals surface area (Å²) in [6.07, 6.45) is 8.05. The summed E-state index contributed by atoms with van der Waals surface area (Å²) in [7, 11) is 0. The molecule has 0 aromatic carbocycles. The number of cyclic esters (lactones) is 1. The molecule has 1 aliphatic carbocycles. The second-order valence-electron chi connectivity index (χ2n) is 4.48. The summed E-state index contributed by atoms with van der Waals surface area (Å²) in [6.45, 7) is 6.10. The summed E-state index contributed by atoms with van der Waals surface area (Å²) in [5, 5.41) is 0. The van der Waals surface area contributed by atoms with E-state index in [2.05, 4.69) is 6.92 Å². The lowest BCUT2D eigenvalue weighted by molar-refractivity contribution is -0.150. The van der Waals surface area contributed by atoms with Gasteiger partial charge in [0.1, 0.15) is 6.10 Å². The van der Waals surface area contributed by atoms with Crippen molar-refractivity contribution in [3.63, 3.8) is 0 Å². The molecule has 1 saturated carbocycles. The molecule has 2 rings (SSSR count). The number of esters is 1. The van der Waals surface area contributed by atoms with Gasteiger partial charge >= 0.3 is 5.97 Å². The molecule has 0 radical (unpaired) electrons. The number of rotatable bonds is 1. The third kappa shape index (κ3) is 2.53. The zero-order chi connectivity index (χ0) is 11.3. The van der Waals surface area contributed by atoms with E-state index in [1.54, 1.807) is 0 Å². The summed E-state index contributed by atoms with van der Waals surface area (Å²) < 4.78 is 5.36. The maximum absolute atomic E-state index is 11.7. The quantitative estimate of drug-likeness (QED) is 0.620. The molecule has 0 amide bonds. The monoisotopic (exact) mass is 212 g/mol. The third-order valence-corrected chi connectivity index (χ3v) is 3.59. The highest BCUT2D eigenvalue weighted by atomic mass is 16.6. The van der Waals surface area contributed by atoms with Crippen molar-refractivity contribution in [2.45, 2.75) is 71.8 Å². The van der Waals surface area contributed by atoms with E-state index < -0.39 is 0 Å². The lowest BCUT2D eigenvalue weighted by Crippen LogP contribution is -2.28. The Morgan fingerprint density at radius 3 is 2.33 bits per heavy atom. The molecular weight excluding hydrogens is 188 g/mol. The van der Waals surface area contributed by atoms with E-state index in [9.17, 15) is 4.79 Å². The van der Waals surface area contributed by atoms with Gasteiger partial charge in [0.2, 0.25) is 0 Å². The normalized spacial score (nSPS) is 28.2. The summed E-state index contributed by atoms with van der Waals surface area (Å²) in [6, 6.07) is 0. The van der Waals surface area contributed by atoms with Crippen molar-refractivity contribution in [2.24, 2.45) is 5.41 Å². The van der Waals surface area contributed by atoms with Gasteiger partial charge in [-0.3, -0.25) is 4.79 Å². The first-order valence-electron chi connectivity index (χ1n) is 6.48. The molecule has 0 N–H and O–H groups in total. The van der Waals surface area contributed by atoms with E-state index in [1.807, 2.05) is 13.8 Å². The standard InChI is InChI=1S/C11H18O2.C2H6/c1-2-9-8-11(10(12)13-9)6-4-3-5-7-11;1-2/h9H,2-8H2,1H3;1-2H3. The van der Waals surface area contributed by atoms with Crippen LogP contribution in [0.2, 0.25) is 0 Å². The molecule has 1 aliphatic heterocycles. The molecule has 1 spiro atoms. The van der Waals surface area contributed by atoms with Crippen LogP contribution in [0.3, 0.4) is 0 Å². The molecule has 15 heavy (non-hydrogen) atoms. The third-order valence-electron chi connectivity index (χ3n) is 3.59. The van der Waals surface area contributed by atoms with E-state index in [4.69, 9.17) is 4.74 Å². The summed E-state index contributed by atoms with van der Waals surface area (Å²) in [5.74, 6) is 0.0963. The van der Waals surface area contributed by atoms with Crippen LogP contribution in [0.25, 0.3) is 0 Å². The number of hydrogen-bond acceptors (Lipinski definition) is 2. The minimum atomic E-state index is -0.0566. The molecule has 2 heteroatoms. The van der Waals surface area contributed by atoms with Gasteiger partial charge in [-0.1, -0.05) is 40.0 Å². The van der Waals surface area contributed by atoms with Gasteiger partial charge in [-0.05, 0) is 19.3 Å². The molecule has 0 aromatic rings. The highest BCUT2D eigenvalue weighted by molar-refractivity contribution is 5.79. The molecular formula is C13H24O2. The van der Waals surface area contributed by atoms with Crippen LogP contribution in [-0.4, -0.2) is 12.1 Å². The maximum atomic E-state index is 11.7. The second kappa shape index (κ2) is 5.53. The van der Waals surface area contributed by atoms with Gasteiger partial charge < -0.3 is 4.74 Å². The predicted molar refractivity (Wildman–Crippen MR) is 61.7 cm³/mol. The van der Waals surface area contributed by atoms with Gasteiger partial charge in [-0.2, -0.15) is 0 Å². The van der Waals surface area contributed by atoms with Gasteiger partial charge in [0, 0.05) is 6.42 Å². The molecule has 88 valence electrons. The van der Waals surface area contributed by atoms with Crippen molar-refractivity contribution in [1.29, 1.82) is 0 Å². The maximum Gasteiger partial charge on any atom is 0.312 e. The smallest absolute Gasteiger partial charge is 0.312 e. The fraction of sp³-hybridized carbons (Fsp3) is 0.923. The first kappa shape index (κ1) is 12.5. The van der Waals surface area contributed by atoms with Crippen molar-refractivity contribution in [3.8, 4) is 0 Å². The second-order valence-corrected chi connectivity index (χ2v) is 4.48. The van der Waals surface area contributed by atoms with Crippen LogP contribution in [0.1, 0.15) is 65.7 Å². The Morgan fingerprint density at radius 1 is 1.27 bits per heavy atom. The average Bonchev–Trinajstić information content (AvgIpc) is 2.60. The Hall–Kier alpha value is -0.530. The highest BCUT2D eigenvalue weighted by Gasteiger charge is 2.48. The Kier molecular flexibility index (Phi) is 4.62. The number of carbonyl (C=O) groups is 1. The minimum absolute atomic E-state index is 0.0566. The summed E-state index contributed by atoms with van der Waals surface area (Å²) in [5.41, 5.74) is -0.0566. The minimum Gasteiger partial charge on any atom is -0.462 e. The lowest BCUT2D eigenvalue weighted by atomic mass is 9.72. The zero-order valence-corrected chi connectivity index (χ0v) is 10.3. The highest BCUT2D eigenvalue weighted by Crippen LogP contribution is 2.46. The summed E-state index contributed by atoms with van der Waals surface area (Å²) in [4.78, 5) is 11.7. The van der Waals surface area contributed by atoms with Gasteiger partial charge in [0.05, 0.1) is 5.41 Å². The molecule has 1 saturated heterocycles. The first-order valence-corrected chi connectivity index (χ1v) is 6.48. The zero-order valence-electron chi connectivity index (χ0n) is 10.3. The van der Waals surface area contributed by atoms with E-state index in [1.165, 1.54) is 19.3 Å². The molecule has 1 heterocycles. The number of hydrogen-bond donors (Lipinski definition) is 0. The van der Waals surface area contributed by atoms with Crippen molar-refractivity contribution in [3.05, 3.63) is 0 Å².